The summed E-state index contributed by atoms with van der Waals surface area (Å²) < 4.78 is 145. The Hall–Kier alpha value is -3.81. The molecular formula is C27H19F8NO4S. The highest BCUT2D eigenvalue weighted by molar-refractivity contribution is 7.87. The van der Waals surface area contributed by atoms with Crippen molar-refractivity contribution >= 4 is 27.1 Å². The Bertz CT molecular complexity index is 1640. The van der Waals surface area contributed by atoms with E-state index >= 15 is 0 Å². The fourth-order valence-electron chi connectivity index (χ4n) is 4.71. The lowest BCUT2D eigenvalue weighted by molar-refractivity contribution is -0.137. The van der Waals surface area contributed by atoms with Crippen LogP contribution in [-0.4, -0.2) is 21.6 Å². The highest BCUT2D eigenvalue weighted by atomic mass is 32.2. The van der Waals surface area contributed by atoms with Gasteiger partial charge in [-0.05, 0) is 61.6 Å². The molecule has 41 heavy (non-hydrogen) atoms. The number of halogens is 8. The summed E-state index contributed by atoms with van der Waals surface area (Å²) in [5.74, 6) is -14.3. The summed E-state index contributed by atoms with van der Waals surface area (Å²) in [5.41, 5.74) is 0.954. The van der Waals surface area contributed by atoms with E-state index in [4.69, 9.17) is 4.74 Å². The third-order valence-corrected chi connectivity index (χ3v) is 7.91. The maximum atomic E-state index is 14.0. The molecule has 218 valence electrons. The number of nitrogens with zero attached hydrogens (tertiary/aromatic N) is 1. The first-order valence-electron chi connectivity index (χ1n) is 12.2. The second kappa shape index (κ2) is 10.5. The summed E-state index contributed by atoms with van der Waals surface area (Å²) in [6.45, 7) is 0.167. The molecule has 2 aliphatic rings. The molecule has 0 amide bonds. The molecule has 0 fully saturated rings. The van der Waals surface area contributed by atoms with Gasteiger partial charge < -0.3 is 13.8 Å². The standard InChI is InChI=1S/C27H19F8NO4S/c28-21-22(29)24(31)26(25(32)23(21)30)40-41(37,38)16-7-9-19-20(13-16)39-11-10-36(19)18-8-6-15(27(33,34)35)12-17(18)14-4-2-1-3-5-14/h4,6-9,12-13H,1-3,5,10-11H2. The molecule has 0 spiro atoms. The summed E-state index contributed by atoms with van der Waals surface area (Å²) in [7, 11) is -5.14. The first kappa shape index (κ1) is 28.7. The van der Waals surface area contributed by atoms with Crippen molar-refractivity contribution in [3.8, 4) is 11.5 Å². The average Bonchev–Trinajstić information content (AvgIpc) is 2.96. The van der Waals surface area contributed by atoms with Gasteiger partial charge in [0.1, 0.15) is 17.3 Å². The van der Waals surface area contributed by atoms with Crippen LogP contribution in [0.25, 0.3) is 5.57 Å². The molecule has 1 aliphatic carbocycles. The summed E-state index contributed by atoms with van der Waals surface area (Å²) in [6, 6.07) is 6.43. The van der Waals surface area contributed by atoms with Crippen molar-refractivity contribution < 1.29 is 52.5 Å². The van der Waals surface area contributed by atoms with Crippen molar-refractivity contribution in [2.75, 3.05) is 18.1 Å². The van der Waals surface area contributed by atoms with Crippen LogP contribution in [0.2, 0.25) is 0 Å². The number of rotatable bonds is 5. The molecule has 14 heteroatoms. The van der Waals surface area contributed by atoms with Crippen LogP contribution < -0.4 is 13.8 Å². The number of benzene rings is 3. The van der Waals surface area contributed by atoms with Gasteiger partial charge in [-0.15, -0.1) is 0 Å². The summed E-state index contributed by atoms with van der Waals surface area (Å²) in [4.78, 5) is 0.912. The molecule has 0 unspecified atom stereocenters. The van der Waals surface area contributed by atoms with E-state index in [1.807, 2.05) is 6.08 Å². The van der Waals surface area contributed by atoms with Crippen LogP contribution in [0.3, 0.4) is 0 Å². The van der Waals surface area contributed by atoms with Gasteiger partial charge in [-0.25, -0.2) is 13.2 Å². The lowest BCUT2D eigenvalue weighted by Crippen LogP contribution is -2.29. The molecule has 3 aromatic rings. The minimum Gasteiger partial charge on any atom is -0.489 e. The molecule has 5 nitrogen and oxygen atoms in total. The van der Waals surface area contributed by atoms with Crippen molar-refractivity contribution in [3.05, 3.63) is 82.7 Å². The van der Waals surface area contributed by atoms with Gasteiger partial charge in [0.2, 0.25) is 34.8 Å². The quantitative estimate of drug-likeness (QED) is 0.129. The lowest BCUT2D eigenvalue weighted by Gasteiger charge is -2.34. The third kappa shape index (κ3) is 5.32. The normalized spacial score (nSPS) is 15.7. The van der Waals surface area contributed by atoms with Crippen LogP contribution in [0, 0.1) is 29.1 Å². The predicted octanol–water partition coefficient (Wildman–Crippen LogP) is 7.66. The first-order valence-corrected chi connectivity index (χ1v) is 13.6. The maximum Gasteiger partial charge on any atom is 0.416 e. The number of alkyl halides is 3. The van der Waals surface area contributed by atoms with Crippen LogP contribution >= 0.6 is 0 Å². The van der Waals surface area contributed by atoms with Gasteiger partial charge in [-0.3, -0.25) is 0 Å². The van der Waals surface area contributed by atoms with E-state index in [1.165, 1.54) is 12.1 Å². The van der Waals surface area contributed by atoms with Gasteiger partial charge in [0.25, 0.3) is 0 Å². The summed E-state index contributed by atoms with van der Waals surface area (Å²) >= 11 is 0. The highest BCUT2D eigenvalue weighted by Crippen LogP contribution is 2.44. The van der Waals surface area contributed by atoms with Crippen molar-refractivity contribution in [2.45, 2.75) is 36.8 Å². The zero-order valence-electron chi connectivity index (χ0n) is 20.8. The van der Waals surface area contributed by atoms with Gasteiger partial charge in [0.15, 0.2) is 0 Å². The van der Waals surface area contributed by atoms with Crippen LogP contribution in [0.4, 0.5) is 46.5 Å². The fourth-order valence-corrected chi connectivity index (χ4v) is 5.66. The Balaban J connectivity index is 1.54. The molecule has 3 aromatic carbocycles. The van der Waals surface area contributed by atoms with E-state index in [2.05, 4.69) is 4.18 Å². The number of allylic oxidation sites excluding steroid dienone is 2. The first-order chi connectivity index (χ1) is 19.3. The third-order valence-electron chi connectivity index (χ3n) is 6.70. The molecule has 0 bridgehead atoms. The smallest absolute Gasteiger partial charge is 0.416 e. The molecule has 0 radical (unpaired) electrons. The number of fused-ring (bicyclic) bond motifs is 1. The van der Waals surface area contributed by atoms with Gasteiger partial charge in [-0.2, -0.15) is 30.4 Å². The van der Waals surface area contributed by atoms with E-state index in [-0.39, 0.29) is 24.6 Å². The highest BCUT2D eigenvalue weighted by Gasteiger charge is 2.34. The Kier molecular flexibility index (Phi) is 7.38. The van der Waals surface area contributed by atoms with Crippen LogP contribution in [0.1, 0.15) is 36.8 Å². The summed E-state index contributed by atoms with van der Waals surface area (Å²) in [6.07, 6.45) is 0.279. The minimum absolute atomic E-state index is 0.0193. The lowest BCUT2D eigenvalue weighted by atomic mass is 9.91. The van der Waals surface area contributed by atoms with Gasteiger partial charge in [-0.1, -0.05) is 6.08 Å². The Labute approximate surface area is 228 Å². The summed E-state index contributed by atoms with van der Waals surface area (Å²) in [5, 5.41) is 0. The largest absolute Gasteiger partial charge is 0.489 e. The zero-order valence-corrected chi connectivity index (χ0v) is 21.6. The van der Waals surface area contributed by atoms with E-state index in [9.17, 15) is 43.5 Å². The predicted molar refractivity (Wildman–Crippen MR) is 131 cm³/mol. The fraction of sp³-hybridized carbons (Fsp3) is 0.259. The van der Waals surface area contributed by atoms with Gasteiger partial charge in [0.05, 0.1) is 17.8 Å². The Morgan fingerprint density at radius 2 is 1.49 bits per heavy atom. The molecule has 0 atom stereocenters. The molecular weight excluding hydrogens is 586 g/mol. The van der Waals surface area contributed by atoms with Gasteiger partial charge in [0, 0.05) is 17.3 Å². The average molecular weight is 606 g/mol. The number of anilines is 2. The van der Waals surface area contributed by atoms with Crippen molar-refractivity contribution in [2.24, 2.45) is 0 Å². The van der Waals surface area contributed by atoms with Crippen molar-refractivity contribution in [1.29, 1.82) is 0 Å². The second-order valence-corrected chi connectivity index (χ2v) is 10.8. The van der Waals surface area contributed by atoms with Crippen LogP contribution in [-0.2, 0) is 16.3 Å². The van der Waals surface area contributed by atoms with Gasteiger partial charge >= 0.3 is 16.3 Å². The Morgan fingerprint density at radius 3 is 2.12 bits per heavy atom. The zero-order chi connectivity index (χ0) is 29.7. The topological polar surface area (TPSA) is 55.8 Å². The Morgan fingerprint density at radius 1 is 0.829 bits per heavy atom. The molecule has 5 rings (SSSR count). The molecule has 0 saturated carbocycles. The van der Waals surface area contributed by atoms with Crippen LogP contribution in [0.5, 0.6) is 11.5 Å². The van der Waals surface area contributed by atoms with E-state index in [0.717, 1.165) is 42.7 Å². The SMILES string of the molecule is O=S(=O)(Oc1c(F)c(F)c(F)c(F)c1F)c1ccc2c(c1)OCCN2c1ccc(C(F)(F)F)cc1C1=CCCCC1. The van der Waals surface area contributed by atoms with E-state index < -0.39 is 61.6 Å². The van der Waals surface area contributed by atoms with Crippen LogP contribution in [0.15, 0.2) is 47.4 Å². The number of hydrogen-bond donors (Lipinski definition) is 0. The van der Waals surface area contributed by atoms with Crippen molar-refractivity contribution in [1.82, 2.24) is 0 Å². The molecule has 1 aliphatic heterocycles. The maximum absolute atomic E-state index is 14.0. The molecule has 0 N–H and O–H groups in total. The number of ether oxygens (including phenoxy) is 1. The molecule has 1 heterocycles. The van der Waals surface area contributed by atoms with Crippen molar-refractivity contribution in [3.63, 3.8) is 0 Å². The second-order valence-electron chi connectivity index (χ2n) is 9.27. The molecule has 0 saturated heterocycles. The monoisotopic (exact) mass is 605 g/mol. The van der Waals surface area contributed by atoms with E-state index in [1.54, 1.807) is 4.90 Å². The van der Waals surface area contributed by atoms with E-state index in [0.29, 0.717) is 24.1 Å². The molecule has 0 aromatic heterocycles. The minimum atomic E-state index is -5.14. The number of hydrogen-bond acceptors (Lipinski definition) is 5.